The van der Waals surface area contributed by atoms with Crippen LogP contribution in [0.25, 0.3) is 22.3 Å². The number of para-hydroxylation sites is 1. The predicted octanol–water partition coefficient (Wildman–Crippen LogP) is 6.25. The Hall–Kier alpha value is -3.60. The van der Waals surface area contributed by atoms with Crippen LogP contribution >= 0.6 is 0 Å². The standard InChI is InChI=1S/C29H32N2O3/c1-20-12-13-21(2)27(22(20)3)34-19-9-5-8-18-31-28(23-14-16-24(33-4)17-15-23)30-26-11-7-6-10-25(26)29(31)32/h6-7,10-17H,5,8-9,18-19H2,1-4H3. The summed E-state index contributed by atoms with van der Waals surface area (Å²) in [7, 11) is 1.64. The molecule has 34 heavy (non-hydrogen) atoms. The largest absolute Gasteiger partial charge is 0.497 e. The molecule has 0 atom stereocenters. The third-order valence-electron chi connectivity index (χ3n) is 6.36. The highest BCUT2D eigenvalue weighted by Gasteiger charge is 2.13. The Morgan fingerprint density at radius 2 is 1.59 bits per heavy atom. The van der Waals surface area contributed by atoms with Crippen LogP contribution in [-0.2, 0) is 6.54 Å². The van der Waals surface area contributed by atoms with E-state index in [2.05, 4.69) is 32.9 Å². The minimum atomic E-state index is -0.00122. The summed E-state index contributed by atoms with van der Waals surface area (Å²) in [5.74, 6) is 2.46. The predicted molar refractivity (Wildman–Crippen MR) is 138 cm³/mol. The molecule has 0 fully saturated rings. The van der Waals surface area contributed by atoms with Crippen molar-refractivity contribution < 1.29 is 9.47 Å². The van der Waals surface area contributed by atoms with Crippen molar-refractivity contribution in [1.82, 2.24) is 9.55 Å². The number of rotatable bonds is 9. The first-order chi connectivity index (χ1) is 16.5. The molecule has 176 valence electrons. The van der Waals surface area contributed by atoms with Crippen molar-refractivity contribution >= 4 is 10.9 Å². The number of ether oxygens (including phenoxy) is 2. The summed E-state index contributed by atoms with van der Waals surface area (Å²) in [6.45, 7) is 7.58. The lowest BCUT2D eigenvalue weighted by Crippen LogP contribution is -2.23. The van der Waals surface area contributed by atoms with Gasteiger partial charge in [0, 0.05) is 12.1 Å². The molecule has 0 unspecified atom stereocenters. The number of unbranched alkanes of at least 4 members (excludes halogenated alkanes) is 2. The maximum atomic E-state index is 13.3. The van der Waals surface area contributed by atoms with E-state index in [4.69, 9.17) is 14.5 Å². The van der Waals surface area contributed by atoms with E-state index in [-0.39, 0.29) is 5.56 Å². The van der Waals surface area contributed by atoms with Crippen LogP contribution in [0.2, 0.25) is 0 Å². The molecule has 0 radical (unpaired) electrons. The number of hydrogen-bond donors (Lipinski definition) is 0. The van der Waals surface area contributed by atoms with Crippen molar-refractivity contribution in [2.75, 3.05) is 13.7 Å². The summed E-state index contributed by atoms with van der Waals surface area (Å²) in [5, 5.41) is 0.647. The first kappa shape index (κ1) is 23.6. The van der Waals surface area contributed by atoms with Crippen LogP contribution in [0.3, 0.4) is 0 Å². The zero-order valence-corrected chi connectivity index (χ0v) is 20.4. The molecule has 0 aliphatic heterocycles. The quantitative estimate of drug-likeness (QED) is 0.280. The van der Waals surface area contributed by atoms with E-state index in [9.17, 15) is 4.79 Å². The van der Waals surface area contributed by atoms with E-state index in [1.54, 1.807) is 11.7 Å². The van der Waals surface area contributed by atoms with Crippen molar-refractivity contribution in [3.8, 4) is 22.9 Å². The number of aryl methyl sites for hydroxylation is 2. The maximum Gasteiger partial charge on any atom is 0.261 e. The Kier molecular flexibility index (Phi) is 7.31. The normalized spacial score (nSPS) is 11.1. The second-order valence-corrected chi connectivity index (χ2v) is 8.70. The van der Waals surface area contributed by atoms with Crippen LogP contribution in [0, 0.1) is 20.8 Å². The number of fused-ring (bicyclic) bond motifs is 1. The average Bonchev–Trinajstić information content (AvgIpc) is 2.86. The van der Waals surface area contributed by atoms with Crippen molar-refractivity contribution in [3.05, 3.63) is 87.7 Å². The first-order valence-corrected chi connectivity index (χ1v) is 11.8. The molecule has 0 saturated carbocycles. The number of nitrogens with zero attached hydrogens (tertiary/aromatic N) is 2. The van der Waals surface area contributed by atoms with Gasteiger partial charge in [0.2, 0.25) is 0 Å². The smallest absolute Gasteiger partial charge is 0.261 e. The van der Waals surface area contributed by atoms with Gasteiger partial charge in [0.05, 0.1) is 24.6 Å². The lowest BCUT2D eigenvalue weighted by atomic mass is 10.1. The summed E-state index contributed by atoms with van der Waals surface area (Å²) < 4.78 is 13.2. The van der Waals surface area contributed by atoms with Gasteiger partial charge in [-0.05, 0) is 93.1 Å². The van der Waals surface area contributed by atoms with Gasteiger partial charge in [-0.25, -0.2) is 4.98 Å². The molecule has 1 heterocycles. The average molecular weight is 457 g/mol. The van der Waals surface area contributed by atoms with E-state index < -0.39 is 0 Å². The van der Waals surface area contributed by atoms with E-state index in [0.29, 0.717) is 29.9 Å². The fourth-order valence-electron chi connectivity index (χ4n) is 4.21. The number of benzene rings is 3. The van der Waals surface area contributed by atoms with Gasteiger partial charge in [0.25, 0.3) is 5.56 Å². The van der Waals surface area contributed by atoms with Crippen LogP contribution in [0.5, 0.6) is 11.5 Å². The summed E-state index contributed by atoms with van der Waals surface area (Å²) >= 11 is 0. The fraction of sp³-hybridized carbons (Fsp3) is 0.310. The van der Waals surface area contributed by atoms with Crippen LogP contribution in [0.15, 0.2) is 65.5 Å². The molecule has 4 aromatic rings. The highest BCUT2D eigenvalue weighted by molar-refractivity contribution is 5.79. The van der Waals surface area contributed by atoms with E-state index >= 15 is 0 Å². The van der Waals surface area contributed by atoms with Crippen molar-refractivity contribution in [3.63, 3.8) is 0 Å². The van der Waals surface area contributed by atoms with Gasteiger partial charge in [-0.3, -0.25) is 9.36 Å². The third-order valence-corrected chi connectivity index (χ3v) is 6.36. The molecular formula is C29H32N2O3. The summed E-state index contributed by atoms with van der Waals surface area (Å²) in [6, 6.07) is 19.5. The summed E-state index contributed by atoms with van der Waals surface area (Å²) in [5.41, 5.74) is 5.23. The van der Waals surface area contributed by atoms with E-state index in [1.807, 2.05) is 48.5 Å². The van der Waals surface area contributed by atoms with Gasteiger partial charge in [-0.2, -0.15) is 0 Å². The van der Waals surface area contributed by atoms with Crippen LogP contribution in [-0.4, -0.2) is 23.3 Å². The van der Waals surface area contributed by atoms with Gasteiger partial charge in [-0.1, -0.05) is 24.3 Å². The topological polar surface area (TPSA) is 53.3 Å². The fourth-order valence-corrected chi connectivity index (χ4v) is 4.21. The first-order valence-electron chi connectivity index (χ1n) is 11.8. The minimum absolute atomic E-state index is 0.00122. The zero-order chi connectivity index (χ0) is 24.1. The van der Waals surface area contributed by atoms with Gasteiger partial charge in [0.15, 0.2) is 0 Å². The summed E-state index contributed by atoms with van der Waals surface area (Å²) in [4.78, 5) is 18.2. The summed E-state index contributed by atoms with van der Waals surface area (Å²) in [6.07, 6.45) is 2.77. The Balaban J connectivity index is 1.47. The van der Waals surface area contributed by atoms with Crippen molar-refractivity contribution in [2.45, 2.75) is 46.6 Å². The highest BCUT2D eigenvalue weighted by Crippen LogP contribution is 2.26. The SMILES string of the molecule is COc1ccc(-c2nc3ccccc3c(=O)n2CCCCCOc2c(C)ccc(C)c2C)cc1. The van der Waals surface area contributed by atoms with E-state index in [0.717, 1.165) is 36.3 Å². The van der Waals surface area contributed by atoms with Crippen LogP contribution < -0.4 is 15.0 Å². The maximum absolute atomic E-state index is 13.3. The monoisotopic (exact) mass is 456 g/mol. The molecule has 0 aliphatic carbocycles. The van der Waals surface area contributed by atoms with E-state index in [1.165, 1.54) is 16.7 Å². The molecule has 0 saturated heterocycles. The highest BCUT2D eigenvalue weighted by atomic mass is 16.5. The number of aromatic nitrogens is 2. The zero-order valence-electron chi connectivity index (χ0n) is 20.4. The number of hydrogen-bond acceptors (Lipinski definition) is 4. The van der Waals surface area contributed by atoms with Gasteiger partial charge in [-0.15, -0.1) is 0 Å². The Bertz CT molecular complexity index is 1340. The van der Waals surface area contributed by atoms with Gasteiger partial charge < -0.3 is 9.47 Å². The molecule has 0 bridgehead atoms. The third kappa shape index (κ3) is 4.98. The van der Waals surface area contributed by atoms with Gasteiger partial charge in [0.1, 0.15) is 17.3 Å². The van der Waals surface area contributed by atoms with Crippen LogP contribution in [0.4, 0.5) is 0 Å². The van der Waals surface area contributed by atoms with Crippen LogP contribution in [0.1, 0.15) is 36.0 Å². The van der Waals surface area contributed by atoms with Crippen molar-refractivity contribution in [1.29, 1.82) is 0 Å². The molecular weight excluding hydrogens is 424 g/mol. The second kappa shape index (κ2) is 10.6. The lowest BCUT2D eigenvalue weighted by Gasteiger charge is -2.15. The lowest BCUT2D eigenvalue weighted by molar-refractivity contribution is 0.299. The second-order valence-electron chi connectivity index (χ2n) is 8.70. The molecule has 1 aromatic heterocycles. The Morgan fingerprint density at radius 1 is 0.853 bits per heavy atom. The Labute approximate surface area is 201 Å². The molecule has 3 aromatic carbocycles. The molecule has 0 spiro atoms. The van der Waals surface area contributed by atoms with Crippen molar-refractivity contribution in [2.24, 2.45) is 0 Å². The molecule has 0 aliphatic rings. The Morgan fingerprint density at radius 3 is 2.35 bits per heavy atom. The number of methoxy groups -OCH3 is 1. The molecule has 5 heteroatoms. The molecule has 5 nitrogen and oxygen atoms in total. The molecule has 0 amide bonds. The molecule has 0 N–H and O–H groups in total. The van der Waals surface area contributed by atoms with Gasteiger partial charge >= 0.3 is 0 Å². The molecule has 4 rings (SSSR count). The minimum Gasteiger partial charge on any atom is -0.497 e.